The molecular formula is C41H34N2. The zero-order valence-electron chi connectivity index (χ0n) is 25.1. The maximum absolute atomic E-state index is 2.42. The predicted molar refractivity (Wildman–Crippen MR) is 183 cm³/mol. The van der Waals surface area contributed by atoms with Crippen LogP contribution in [0.25, 0.3) is 55.0 Å². The largest absolute Gasteiger partial charge is 0.309 e. The average molecular weight is 555 g/mol. The Bertz CT molecular complexity index is 2310. The quantitative estimate of drug-likeness (QED) is 0.205. The molecule has 0 amide bonds. The van der Waals surface area contributed by atoms with Crippen LogP contribution in [0.2, 0.25) is 0 Å². The van der Waals surface area contributed by atoms with Crippen LogP contribution in [0.4, 0.5) is 0 Å². The van der Waals surface area contributed by atoms with Gasteiger partial charge in [-0.15, -0.1) is 0 Å². The summed E-state index contributed by atoms with van der Waals surface area (Å²) in [6.07, 6.45) is 0. The Morgan fingerprint density at radius 2 is 0.837 bits per heavy atom. The Morgan fingerprint density at radius 3 is 1.44 bits per heavy atom. The van der Waals surface area contributed by atoms with Crippen LogP contribution in [0.15, 0.2) is 133 Å². The lowest BCUT2D eigenvalue weighted by Crippen LogP contribution is -2.19. The predicted octanol–water partition coefficient (Wildman–Crippen LogP) is 10.8. The van der Waals surface area contributed by atoms with Crippen LogP contribution >= 0.6 is 0 Å². The number of fused-ring (bicyclic) bond motifs is 6. The first-order chi connectivity index (χ1) is 20.9. The van der Waals surface area contributed by atoms with Crippen molar-refractivity contribution in [2.45, 2.75) is 33.1 Å². The smallest absolute Gasteiger partial charge is 0.0544 e. The highest BCUT2D eigenvalue weighted by atomic mass is 15.0. The molecule has 0 aliphatic carbocycles. The van der Waals surface area contributed by atoms with Gasteiger partial charge in [-0.1, -0.05) is 104 Å². The van der Waals surface area contributed by atoms with E-state index in [4.69, 9.17) is 0 Å². The fraction of sp³-hybridized carbons (Fsp3) is 0.122. The number of nitrogens with zero attached hydrogens (tertiary/aromatic N) is 2. The summed E-state index contributed by atoms with van der Waals surface area (Å²) in [5, 5.41) is 5.14. The van der Waals surface area contributed by atoms with Crippen molar-refractivity contribution in [3.8, 4) is 11.4 Å². The molecule has 8 rings (SSSR count). The standard InChI is InChI=1S/C41H34N2/c1-27-13-19-31(20-14-27)42-38-12-8-6-10-34(38)36-25-29(18-24-39(36)42)41(3,4)30-17-23-35-33-9-5-7-11-37(33)43(40(35)26-30)32-21-15-28(2)16-22-32/h5-26H,1-4H3. The lowest BCUT2D eigenvalue weighted by molar-refractivity contribution is 0.642. The molecule has 2 heterocycles. The van der Waals surface area contributed by atoms with Crippen molar-refractivity contribution < 1.29 is 0 Å². The Morgan fingerprint density at radius 1 is 0.395 bits per heavy atom. The van der Waals surface area contributed by atoms with E-state index in [0.717, 1.165) is 0 Å². The van der Waals surface area contributed by atoms with E-state index in [1.165, 1.54) is 77.2 Å². The molecule has 0 spiro atoms. The van der Waals surface area contributed by atoms with Gasteiger partial charge in [-0.05, 0) is 79.6 Å². The number of hydrogen-bond acceptors (Lipinski definition) is 0. The molecule has 2 nitrogen and oxygen atoms in total. The summed E-state index contributed by atoms with van der Waals surface area (Å²) >= 11 is 0. The van der Waals surface area contributed by atoms with Gasteiger partial charge in [0.15, 0.2) is 0 Å². The van der Waals surface area contributed by atoms with E-state index in [9.17, 15) is 0 Å². The van der Waals surface area contributed by atoms with Gasteiger partial charge in [-0.25, -0.2) is 0 Å². The fourth-order valence-corrected chi connectivity index (χ4v) is 6.83. The van der Waals surface area contributed by atoms with E-state index in [-0.39, 0.29) is 5.41 Å². The topological polar surface area (TPSA) is 9.86 Å². The van der Waals surface area contributed by atoms with E-state index >= 15 is 0 Å². The highest BCUT2D eigenvalue weighted by Crippen LogP contribution is 2.40. The molecule has 0 N–H and O–H groups in total. The molecule has 43 heavy (non-hydrogen) atoms. The second kappa shape index (κ2) is 9.47. The molecule has 0 aliphatic heterocycles. The number of aryl methyl sites for hydroxylation is 2. The van der Waals surface area contributed by atoms with Crippen molar-refractivity contribution in [2.75, 3.05) is 0 Å². The summed E-state index contributed by atoms with van der Waals surface area (Å²) in [6, 6.07) is 49.3. The Balaban J connectivity index is 1.32. The first-order valence-electron chi connectivity index (χ1n) is 15.1. The zero-order chi connectivity index (χ0) is 29.3. The minimum atomic E-state index is -0.204. The van der Waals surface area contributed by atoms with Crippen LogP contribution in [0.3, 0.4) is 0 Å². The van der Waals surface area contributed by atoms with Crippen LogP contribution in [0.5, 0.6) is 0 Å². The third-order valence-electron chi connectivity index (χ3n) is 9.37. The SMILES string of the molecule is Cc1ccc(-n2c3ccccc3c3cc(C(C)(C)c4ccc5c6ccccc6n(-c6ccc(C)cc6)c5c4)ccc32)cc1. The highest BCUT2D eigenvalue weighted by Gasteiger charge is 2.26. The van der Waals surface area contributed by atoms with Crippen molar-refractivity contribution >= 4 is 43.6 Å². The third-order valence-corrected chi connectivity index (χ3v) is 9.37. The highest BCUT2D eigenvalue weighted by molar-refractivity contribution is 6.10. The summed E-state index contributed by atoms with van der Waals surface area (Å²) in [5.41, 5.74) is 12.3. The average Bonchev–Trinajstić information content (AvgIpc) is 3.54. The van der Waals surface area contributed by atoms with Crippen LogP contribution in [-0.2, 0) is 5.41 Å². The fourth-order valence-electron chi connectivity index (χ4n) is 6.83. The summed E-state index contributed by atoms with van der Waals surface area (Å²) in [5.74, 6) is 0. The lowest BCUT2D eigenvalue weighted by atomic mass is 9.77. The Kier molecular flexibility index (Phi) is 5.64. The van der Waals surface area contributed by atoms with E-state index in [2.05, 4.69) is 170 Å². The normalized spacial score (nSPS) is 12.2. The third kappa shape index (κ3) is 3.94. The van der Waals surface area contributed by atoms with Crippen LogP contribution in [0, 0.1) is 13.8 Å². The monoisotopic (exact) mass is 554 g/mol. The number of rotatable bonds is 4. The minimum absolute atomic E-state index is 0.204. The van der Waals surface area contributed by atoms with Crippen molar-refractivity contribution in [3.05, 3.63) is 156 Å². The summed E-state index contributed by atoms with van der Waals surface area (Å²) in [7, 11) is 0. The maximum Gasteiger partial charge on any atom is 0.0544 e. The van der Waals surface area contributed by atoms with Gasteiger partial charge in [0.1, 0.15) is 0 Å². The Hall–Kier alpha value is -5.08. The van der Waals surface area contributed by atoms with Gasteiger partial charge < -0.3 is 9.13 Å². The first kappa shape index (κ1) is 25.6. The molecule has 0 atom stereocenters. The second-order valence-electron chi connectivity index (χ2n) is 12.5. The number of hydrogen-bond donors (Lipinski definition) is 0. The van der Waals surface area contributed by atoms with Gasteiger partial charge in [-0.2, -0.15) is 0 Å². The van der Waals surface area contributed by atoms with Crippen molar-refractivity contribution in [2.24, 2.45) is 0 Å². The molecule has 0 aliphatic rings. The van der Waals surface area contributed by atoms with Gasteiger partial charge in [-0.3, -0.25) is 0 Å². The maximum atomic E-state index is 2.42. The number of aromatic nitrogens is 2. The van der Waals surface area contributed by atoms with Gasteiger partial charge >= 0.3 is 0 Å². The molecule has 0 saturated carbocycles. The van der Waals surface area contributed by atoms with Gasteiger partial charge in [0.25, 0.3) is 0 Å². The van der Waals surface area contributed by atoms with Gasteiger partial charge in [0.05, 0.1) is 22.1 Å². The number of benzene rings is 6. The first-order valence-corrected chi connectivity index (χ1v) is 15.1. The molecule has 0 radical (unpaired) electrons. The van der Waals surface area contributed by atoms with Crippen molar-refractivity contribution in [1.82, 2.24) is 9.13 Å². The molecule has 6 aromatic carbocycles. The molecular weight excluding hydrogens is 520 g/mol. The van der Waals surface area contributed by atoms with E-state index in [1.807, 2.05) is 0 Å². The number of para-hydroxylation sites is 2. The van der Waals surface area contributed by atoms with Crippen LogP contribution < -0.4 is 0 Å². The molecule has 2 aromatic heterocycles. The van der Waals surface area contributed by atoms with E-state index in [1.54, 1.807) is 0 Å². The lowest BCUT2D eigenvalue weighted by Gasteiger charge is -2.27. The van der Waals surface area contributed by atoms with E-state index in [0.29, 0.717) is 0 Å². The summed E-state index contributed by atoms with van der Waals surface area (Å²) in [4.78, 5) is 0. The van der Waals surface area contributed by atoms with Crippen LogP contribution in [-0.4, -0.2) is 9.13 Å². The molecule has 0 unspecified atom stereocenters. The van der Waals surface area contributed by atoms with Crippen LogP contribution in [0.1, 0.15) is 36.1 Å². The molecule has 0 saturated heterocycles. The Labute approximate surface area is 252 Å². The minimum Gasteiger partial charge on any atom is -0.309 e. The van der Waals surface area contributed by atoms with Crippen molar-refractivity contribution in [3.63, 3.8) is 0 Å². The molecule has 8 aromatic rings. The van der Waals surface area contributed by atoms with Gasteiger partial charge in [0, 0.05) is 38.3 Å². The summed E-state index contributed by atoms with van der Waals surface area (Å²) < 4.78 is 4.81. The zero-order valence-corrected chi connectivity index (χ0v) is 25.1. The van der Waals surface area contributed by atoms with Gasteiger partial charge in [0.2, 0.25) is 0 Å². The van der Waals surface area contributed by atoms with Crippen molar-refractivity contribution in [1.29, 1.82) is 0 Å². The molecule has 2 heteroatoms. The summed E-state index contributed by atoms with van der Waals surface area (Å²) in [6.45, 7) is 8.99. The molecule has 208 valence electrons. The molecule has 0 bridgehead atoms. The molecule has 0 fully saturated rings. The van der Waals surface area contributed by atoms with E-state index < -0.39 is 0 Å². The second-order valence-corrected chi connectivity index (χ2v) is 12.5.